The molecule has 120 valence electrons. The fourth-order valence-corrected chi connectivity index (χ4v) is 4.23. The normalized spacial score (nSPS) is 29.4. The Morgan fingerprint density at radius 1 is 1.05 bits per heavy atom. The van der Waals surface area contributed by atoms with E-state index in [0.717, 1.165) is 26.2 Å². The first-order valence-electron chi connectivity index (χ1n) is 8.74. The Morgan fingerprint density at radius 3 is 2.57 bits per heavy atom. The van der Waals surface area contributed by atoms with Gasteiger partial charge in [0.25, 0.3) is 0 Å². The highest BCUT2D eigenvalue weighted by Crippen LogP contribution is 2.23. The van der Waals surface area contributed by atoms with Crippen molar-refractivity contribution in [1.29, 1.82) is 0 Å². The lowest BCUT2D eigenvalue weighted by Crippen LogP contribution is -2.47. The van der Waals surface area contributed by atoms with Gasteiger partial charge in [0.05, 0.1) is 0 Å². The highest BCUT2D eigenvalue weighted by Gasteiger charge is 2.32. The first kappa shape index (κ1) is 15.3. The highest BCUT2D eigenvalue weighted by atomic mass is 16.2. The van der Waals surface area contributed by atoms with Gasteiger partial charge in [-0.3, -0.25) is 14.6 Å². The Labute approximate surface area is 128 Å². The van der Waals surface area contributed by atoms with Crippen molar-refractivity contribution in [3.8, 4) is 0 Å². The van der Waals surface area contributed by atoms with Crippen molar-refractivity contribution in [2.24, 2.45) is 5.73 Å². The minimum absolute atomic E-state index is 0.235. The van der Waals surface area contributed by atoms with E-state index < -0.39 is 0 Å². The van der Waals surface area contributed by atoms with Gasteiger partial charge >= 0.3 is 0 Å². The fraction of sp³-hybridized carbons (Fsp3) is 0.938. The molecular formula is C16H30N4O. The molecule has 1 amide bonds. The van der Waals surface area contributed by atoms with Crippen molar-refractivity contribution in [3.63, 3.8) is 0 Å². The van der Waals surface area contributed by atoms with Gasteiger partial charge in [-0.2, -0.15) is 0 Å². The van der Waals surface area contributed by atoms with E-state index in [1.807, 2.05) is 4.90 Å². The molecule has 3 fully saturated rings. The third-order valence-corrected chi connectivity index (χ3v) is 5.49. The van der Waals surface area contributed by atoms with Crippen molar-refractivity contribution in [1.82, 2.24) is 14.7 Å². The molecule has 2 unspecified atom stereocenters. The van der Waals surface area contributed by atoms with Crippen molar-refractivity contribution in [2.45, 2.75) is 50.6 Å². The minimum Gasteiger partial charge on any atom is -0.343 e. The fourth-order valence-electron chi connectivity index (χ4n) is 4.23. The molecule has 0 aromatic heterocycles. The molecule has 0 spiro atoms. The van der Waals surface area contributed by atoms with Crippen LogP contribution in [0.3, 0.4) is 0 Å². The summed E-state index contributed by atoms with van der Waals surface area (Å²) in [6.45, 7) is 7.19. The molecule has 3 heterocycles. The number of fused-ring (bicyclic) bond motifs is 1. The summed E-state index contributed by atoms with van der Waals surface area (Å²) in [4.78, 5) is 19.6. The molecule has 3 saturated heterocycles. The van der Waals surface area contributed by atoms with E-state index in [0.29, 0.717) is 24.9 Å². The Bertz CT molecular complexity index is 356. The number of hydrogen-bond acceptors (Lipinski definition) is 4. The number of nitrogens with two attached hydrogens (primary N) is 1. The summed E-state index contributed by atoms with van der Waals surface area (Å²) in [6.07, 6.45) is 6.81. The molecule has 21 heavy (non-hydrogen) atoms. The average Bonchev–Trinajstić information content (AvgIpc) is 3.13. The Morgan fingerprint density at radius 2 is 1.81 bits per heavy atom. The molecule has 0 aromatic carbocycles. The Kier molecular flexibility index (Phi) is 5.14. The van der Waals surface area contributed by atoms with Gasteiger partial charge in [-0.05, 0) is 51.7 Å². The van der Waals surface area contributed by atoms with Gasteiger partial charge < -0.3 is 10.6 Å². The van der Waals surface area contributed by atoms with Crippen LogP contribution in [0.25, 0.3) is 0 Å². The predicted octanol–water partition coefficient (Wildman–Crippen LogP) is 0.496. The predicted molar refractivity (Wildman–Crippen MR) is 84.1 cm³/mol. The van der Waals surface area contributed by atoms with Crippen molar-refractivity contribution in [2.75, 3.05) is 45.8 Å². The molecule has 3 aliphatic rings. The second kappa shape index (κ2) is 7.07. The second-order valence-corrected chi connectivity index (χ2v) is 6.86. The number of likely N-dealkylation sites (tertiary alicyclic amines) is 1. The molecule has 0 radical (unpaired) electrons. The summed E-state index contributed by atoms with van der Waals surface area (Å²) in [5.41, 5.74) is 6.01. The van der Waals surface area contributed by atoms with Crippen molar-refractivity contribution in [3.05, 3.63) is 0 Å². The molecule has 2 N–H and O–H groups in total. The summed E-state index contributed by atoms with van der Waals surface area (Å²) in [7, 11) is 0. The van der Waals surface area contributed by atoms with E-state index in [1.165, 1.54) is 45.2 Å². The van der Waals surface area contributed by atoms with Crippen LogP contribution in [0, 0.1) is 0 Å². The van der Waals surface area contributed by atoms with E-state index in [9.17, 15) is 4.79 Å². The van der Waals surface area contributed by atoms with E-state index in [2.05, 4.69) is 9.80 Å². The lowest BCUT2D eigenvalue weighted by Gasteiger charge is -2.32. The van der Waals surface area contributed by atoms with E-state index in [1.54, 1.807) is 0 Å². The van der Waals surface area contributed by atoms with Crippen molar-refractivity contribution >= 4 is 5.91 Å². The zero-order chi connectivity index (χ0) is 14.7. The van der Waals surface area contributed by atoms with E-state index in [4.69, 9.17) is 5.73 Å². The molecule has 2 atom stereocenters. The molecular weight excluding hydrogens is 264 g/mol. The third-order valence-electron chi connectivity index (χ3n) is 5.49. The first-order valence-corrected chi connectivity index (χ1v) is 8.74. The third kappa shape index (κ3) is 3.58. The number of carbonyl (C=O) groups is 1. The molecule has 3 rings (SSSR count). The molecule has 0 aliphatic carbocycles. The number of nitrogens with zero attached hydrogens (tertiary/aromatic N) is 3. The maximum absolute atomic E-state index is 12.4. The number of carbonyl (C=O) groups excluding carboxylic acids is 1. The average molecular weight is 294 g/mol. The van der Waals surface area contributed by atoms with Crippen LogP contribution < -0.4 is 5.73 Å². The number of rotatable bonds is 4. The molecule has 0 saturated carbocycles. The maximum Gasteiger partial charge on any atom is 0.224 e. The Hall–Kier alpha value is -0.650. The van der Waals surface area contributed by atoms with Crippen LogP contribution in [0.5, 0.6) is 0 Å². The van der Waals surface area contributed by atoms with Crippen LogP contribution in [0.4, 0.5) is 0 Å². The Balaban J connectivity index is 1.57. The standard InChI is InChI=1S/C16H30N4O/c17-12-15(11-16(21)19-6-1-2-7-19)20-10-4-9-18-8-3-5-14(18)13-20/h14-15H,1-13,17H2. The topological polar surface area (TPSA) is 52.8 Å². The second-order valence-electron chi connectivity index (χ2n) is 6.86. The number of amides is 1. The quantitative estimate of drug-likeness (QED) is 0.820. The summed E-state index contributed by atoms with van der Waals surface area (Å²) in [6, 6.07) is 0.932. The van der Waals surface area contributed by atoms with Crippen LogP contribution in [0.2, 0.25) is 0 Å². The smallest absolute Gasteiger partial charge is 0.224 e. The zero-order valence-corrected chi connectivity index (χ0v) is 13.2. The van der Waals surface area contributed by atoms with Gasteiger partial charge in [0, 0.05) is 44.7 Å². The summed E-state index contributed by atoms with van der Waals surface area (Å²) < 4.78 is 0. The largest absolute Gasteiger partial charge is 0.343 e. The van der Waals surface area contributed by atoms with E-state index >= 15 is 0 Å². The van der Waals surface area contributed by atoms with Crippen LogP contribution in [-0.2, 0) is 4.79 Å². The van der Waals surface area contributed by atoms with Gasteiger partial charge in [0.1, 0.15) is 0 Å². The molecule has 5 heteroatoms. The van der Waals surface area contributed by atoms with Gasteiger partial charge in [-0.15, -0.1) is 0 Å². The van der Waals surface area contributed by atoms with Crippen LogP contribution >= 0.6 is 0 Å². The van der Waals surface area contributed by atoms with Gasteiger partial charge in [0.2, 0.25) is 5.91 Å². The lowest BCUT2D eigenvalue weighted by atomic mass is 10.1. The summed E-state index contributed by atoms with van der Waals surface area (Å²) in [5.74, 6) is 0.315. The zero-order valence-electron chi connectivity index (χ0n) is 13.2. The summed E-state index contributed by atoms with van der Waals surface area (Å²) in [5, 5.41) is 0. The van der Waals surface area contributed by atoms with Crippen LogP contribution in [-0.4, -0.2) is 78.5 Å². The van der Waals surface area contributed by atoms with Gasteiger partial charge in [-0.25, -0.2) is 0 Å². The van der Waals surface area contributed by atoms with Gasteiger partial charge in [0.15, 0.2) is 0 Å². The van der Waals surface area contributed by atoms with Gasteiger partial charge in [-0.1, -0.05) is 0 Å². The van der Waals surface area contributed by atoms with Crippen LogP contribution in [0.1, 0.15) is 38.5 Å². The first-order chi connectivity index (χ1) is 10.3. The summed E-state index contributed by atoms with van der Waals surface area (Å²) >= 11 is 0. The SMILES string of the molecule is NCC(CC(=O)N1CCCC1)N1CCCN2CCCC2C1. The number of hydrogen-bond donors (Lipinski definition) is 1. The molecule has 0 bridgehead atoms. The molecule has 5 nitrogen and oxygen atoms in total. The lowest BCUT2D eigenvalue weighted by molar-refractivity contribution is -0.131. The molecule has 0 aromatic rings. The molecule has 3 aliphatic heterocycles. The maximum atomic E-state index is 12.4. The highest BCUT2D eigenvalue weighted by molar-refractivity contribution is 5.77. The van der Waals surface area contributed by atoms with E-state index in [-0.39, 0.29) is 6.04 Å². The van der Waals surface area contributed by atoms with Crippen molar-refractivity contribution < 1.29 is 4.79 Å². The minimum atomic E-state index is 0.235. The monoisotopic (exact) mass is 294 g/mol. The van der Waals surface area contributed by atoms with Crippen LogP contribution in [0.15, 0.2) is 0 Å².